The summed E-state index contributed by atoms with van der Waals surface area (Å²) in [7, 11) is 0. The van der Waals surface area contributed by atoms with Crippen LogP contribution >= 0.6 is 0 Å². The first-order valence-corrected chi connectivity index (χ1v) is 9.80. The quantitative estimate of drug-likeness (QED) is 0.632. The zero-order valence-electron chi connectivity index (χ0n) is 15.9. The number of carbonyl (C=O) groups excluding carboxylic acids is 1. The number of anilines is 2. The first-order valence-electron chi connectivity index (χ1n) is 9.80. The van der Waals surface area contributed by atoms with Crippen molar-refractivity contribution in [2.24, 2.45) is 0 Å². The van der Waals surface area contributed by atoms with Crippen LogP contribution in [0.2, 0.25) is 0 Å². The zero-order valence-corrected chi connectivity index (χ0v) is 15.9. The summed E-state index contributed by atoms with van der Waals surface area (Å²) in [5.41, 5.74) is 3.50. The number of amides is 1. The number of aromatic nitrogens is 3. The molecule has 0 saturated carbocycles. The Hall–Kier alpha value is -3.39. The molecule has 0 aliphatic carbocycles. The van der Waals surface area contributed by atoms with Gasteiger partial charge in [0.25, 0.3) is 5.91 Å². The number of nitrogens with one attached hydrogen (secondary N) is 3. The highest BCUT2D eigenvalue weighted by atomic mass is 16.5. The van der Waals surface area contributed by atoms with E-state index in [9.17, 15) is 4.79 Å². The highest BCUT2D eigenvalue weighted by molar-refractivity contribution is 5.98. The number of carbonyl (C=O) groups is 1. The van der Waals surface area contributed by atoms with E-state index < -0.39 is 6.10 Å². The maximum Gasteiger partial charge on any atom is 0.265 e. The van der Waals surface area contributed by atoms with Crippen LogP contribution in [0.1, 0.15) is 12.2 Å². The molecular weight excluding hydrogens is 368 g/mol. The molecule has 1 saturated heterocycles. The zero-order chi connectivity index (χ0) is 19.6. The standard InChI is InChI=1S/C21H22N6O2/c28-21(26-16-13-23-8-7-17(16)27-11-9-22-10-12-27)19-6-5-18(29-19)20-24-14-3-1-2-4-15(14)25-20/h1-5,7-8,13,19,22H,6,9-12H2,(H,24,25)(H,26,28). The van der Waals surface area contributed by atoms with Crippen LogP contribution in [0, 0.1) is 0 Å². The summed E-state index contributed by atoms with van der Waals surface area (Å²) in [5.74, 6) is 1.07. The summed E-state index contributed by atoms with van der Waals surface area (Å²) in [5, 5.41) is 6.33. The average Bonchev–Trinajstić information content (AvgIpc) is 3.42. The van der Waals surface area contributed by atoms with Gasteiger partial charge in [-0.25, -0.2) is 4.98 Å². The first-order chi connectivity index (χ1) is 14.3. The predicted octanol–water partition coefficient (Wildman–Crippen LogP) is 2.14. The van der Waals surface area contributed by atoms with Gasteiger partial charge in [-0.1, -0.05) is 12.1 Å². The summed E-state index contributed by atoms with van der Waals surface area (Å²) in [6.07, 6.45) is 5.26. The fourth-order valence-electron chi connectivity index (χ4n) is 3.72. The van der Waals surface area contributed by atoms with E-state index in [1.807, 2.05) is 36.4 Å². The Balaban J connectivity index is 1.28. The number of aromatic amines is 1. The lowest BCUT2D eigenvalue weighted by Crippen LogP contribution is -2.44. The number of ether oxygens (including phenoxy) is 1. The number of fused-ring (bicyclic) bond motifs is 1. The van der Waals surface area contributed by atoms with Crippen molar-refractivity contribution in [3.05, 3.63) is 54.6 Å². The number of imidazole rings is 1. The van der Waals surface area contributed by atoms with E-state index in [2.05, 4.69) is 30.5 Å². The van der Waals surface area contributed by atoms with Gasteiger partial charge in [-0.2, -0.15) is 0 Å². The molecule has 2 aliphatic heterocycles. The minimum Gasteiger partial charge on any atom is -0.477 e. The Morgan fingerprint density at radius 3 is 2.93 bits per heavy atom. The Bertz CT molecular complexity index is 1040. The van der Waals surface area contributed by atoms with Gasteiger partial charge in [0.15, 0.2) is 17.7 Å². The Kier molecular flexibility index (Phi) is 4.61. The molecule has 1 fully saturated rings. The fourth-order valence-corrected chi connectivity index (χ4v) is 3.72. The Morgan fingerprint density at radius 1 is 1.21 bits per heavy atom. The third kappa shape index (κ3) is 3.54. The minimum absolute atomic E-state index is 0.184. The largest absolute Gasteiger partial charge is 0.477 e. The SMILES string of the molecule is O=C(Nc1cnccc1N1CCNCC1)C1CC=C(c2nc3ccccc3[nH]2)O1. The summed E-state index contributed by atoms with van der Waals surface area (Å²) < 4.78 is 5.91. The van der Waals surface area contributed by atoms with Gasteiger partial charge < -0.3 is 25.3 Å². The van der Waals surface area contributed by atoms with Crippen molar-refractivity contribution in [3.8, 4) is 0 Å². The number of piperazine rings is 1. The summed E-state index contributed by atoms with van der Waals surface area (Å²) >= 11 is 0. The highest BCUT2D eigenvalue weighted by Crippen LogP contribution is 2.29. The van der Waals surface area contributed by atoms with Gasteiger partial charge in [0.2, 0.25) is 0 Å². The van der Waals surface area contributed by atoms with Crippen molar-refractivity contribution in [2.45, 2.75) is 12.5 Å². The van der Waals surface area contributed by atoms with E-state index in [-0.39, 0.29) is 5.91 Å². The highest BCUT2D eigenvalue weighted by Gasteiger charge is 2.28. The van der Waals surface area contributed by atoms with Crippen molar-refractivity contribution in [2.75, 3.05) is 36.4 Å². The maximum atomic E-state index is 12.8. The van der Waals surface area contributed by atoms with Gasteiger partial charge in [-0.05, 0) is 24.3 Å². The van der Waals surface area contributed by atoms with Gasteiger partial charge >= 0.3 is 0 Å². The van der Waals surface area contributed by atoms with E-state index in [0.717, 1.165) is 42.9 Å². The summed E-state index contributed by atoms with van der Waals surface area (Å²) in [4.78, 5) is 27.1. The molecular formula is C21H22N6O2. The van der Waals surface area contributed by atoms with E-state index in [0.29, 0.717) is 23.7 Å². The monoisotopic (exact) mass is 390 g/mol. The molecule has 2 aromatic heterocycles. The molecule has 8 heteroatoms. The topological polar surface area (TPSA) is 95.2 Å². The molecule has 29 heavy (non-hydrogen) atoms. The van der Waals surface area contributed by atoms with E-state index in [1.165, 1.54) is 0 Å². The molecule has 5 rings (SSSR count). The first kappa shape index (κ1) is 17.7. The molecule has 1 aromatic carbocycles. The molecule has 0 radical (unpaired) electrons. The third-order valence-electron chi connectivity index (χ3n) is 5.22. The molecule has 8 nitrogen and oxygen atoms in total. The number of para-hydroxylation sites is 2. The van der Waals surface area contributed by atoms with E-state index in [4.69, 9.17) is 4.74 Å². The fraction of sp³-hybridized carbons (Fsp3) is 0.286. The van der Waals surface area contributed by atoms with Crippen molar-refractivity contribution < 1.29 is 9.53 Å². The molecule has 4 heterocycles. The van der Waals surface area contributed by atoms with Gasteiger partial charge in [-0.15, -0.1) is 0 Å². The minimum atomic E-state index is -0.589. The Morgan fingerprint density at radius 2 is 2.07 bits per heavy atom. The Labute approximate surface area is 168 Å². The average molecular weight is 390 g/mol. The summed E-state index contributed by atoms with van der Waals surface area (Å²) in [6, 6.07) is 9.74. The number of pyridine rings is 1. The van der Waals surface area contributed by atoms with Crippen molar-refractivity contribution in [3.63, 3.8) is 0 Å². The van der Waals surface area contributed by atoms with Gasteiger partial charge in [0.05, 0.1) is 28.6 Å². The smallest absolute Gasteiger partial charge is 0.265 e. The van der Waals surface area contributed by atoms with Crippen LogP contribution in [0.4, 0.5) is 11.4 Å². The number of benzene rings is 1. The van der Waals surface area contributed by atoms with Crippen molar-refractivity contribution >= 4 is 34.1 Å². The maximum absolute atomic E-state index is 12.8. The lowest BCUT2D eigenvalue weighted by molar-refractivity contribution is -0.123. The number of nitrogens with zero attached hydrogens (tertiary/aromatic N) is 3. The number of hydrogen-bond acceptors (Lipinski definition) is 6. The van der Waals surface area contributed by atoms with Gasteiger partial charge in [0, 0.05) is 38.8 Å². The second-order valence-corrected chi connectivity index (χ2v) is 7.13. The molecule has 0 spiro atoms. The predicted molar refractivity (Wildman–Crippen MR) is 112 cm³/mol. The number of H-pyrrole nitrogens is 1. The lowest BCUT2D eigenvalue weighted by atomic mass is 10.2. The third-order valence-corrected chi connectivity index (χ3v) is 5.22. The molecule has 1 amide bonds. The van der Waals surface area contributed by atoms with Gasteiger partial charge in [0.1, 0.15) is 0 Å². The molecule has 148 valence electrons. The normalized spacial score (nSPS) is 19.1. The van der Waals surface area contributed by atoms with Crippen LogP contribution in [0.25, 0.3) is 16.8 Å². The van der Waals surface area contributed by atoms with E-state index >= 15 is 0 Å². The van der Waals surface area contributed by atoms with Crippen LogP contribution < -0.4 is 15.5 Å². The molecule has 1 atom stereocenters. The second-order valence-electron chi connectivity index (χ2n) is 7.13. The number of rotatable bonds is 4. The van der Waals surface area contributed by atoms with Crippen LogP contribution in [0.5, 0.6) is 0 Å². The van der Waals surface area contributed by atoms with Crippen LogP contribution in [0.3, 0.4) is 0 Å². The molecule has 0 bridgehead atoms. The number of hydrogen-bond donors (Lipinski definition) is 3. The van der Waals surface area contributed by atoms with Crippen LogP contribution in [-0.2, 0) is 9.53 Å². The van der Waals surface area contributed by atoms with Crippen LogP contribution in [0.15, 0.2) is 48.8 Å². The molecule has 3 N–H and O–H groups in total. The van der Waals surface area contributed by atoms with Crippen LogP contribution in [-0.4, -0.2) is 53.1 Å². The van der Waals surface area contributed by atoms with Gasteiger partial charge in [-0.3, -0.25) is 9.78 Å². The molecule has 2 aliphatic rings. The lowest BCUT2D eigenvalue weighted by Gasteiger charge is -2.31. The van der Waals surface area contributed by atoms with E-state index in [1.54, 1.807) is 12.4 Å². The molecule has 3 aromatic rings. The molecule has 1 unspecified atom stereocenters. The second kappa shape index (κ2) is 7.56. The summed E-state index contributed by atoms with van der Waals surface area (Å²) in [6.45, 7) is 3.63. The van der Waals surface area contributed by atoms with Crippen molar-refractivity contribution in [1.82, 2.24) is 20.3 Å². The van der Waals surface area contributed by atoms with Crippen molar-refractivity contribution in [1.29, 1.82) is 0 Å².